The Kier molecular flexibility index (Phi) is 2.56. The van der Waals surface area contributed by atoms with Gasteiger partial charge < -0.3 is 5.32 Å². The minimum absolute atomic E-state index is 0.228. The molecule has 1 saturated heterocycles. The van der Waals surface area contributed by atoms with Crippen LogP contribution in [0, 0.1) is 11.3 Å². The molecule has 1 N–H and O–H groups in total. The molecular formula is C11H9N3O2. The molecule has 5 heteroatoms. The lowest BCUT2D eigenvalue weighted by Gasteiger charge is -2.25. The van der Waals surface area contributed by atoms with E-state index in [1.165, 1.54) is 0 Å². The van der Waals surface area contributed by atoms with E-state index in [9.17, 15) is 9.59 Å². The number of nitrogens with one attached hydrogen (secondary N) is 1. The van der Waals surface area contributed by atoms with E-state index in [-0.39, 0.29) is 5.91 Å². The lowest BCUT2D eigenvalue weighted by molar-refractivity contribution is -0.118. The predicted octanol–water partition coefficient (Wildman–Crippen LogP) is 1.00. The first-order chi connectivity index (χ1) is 7.72. The minimum Gasteiger partial charge on any atom is -0.337 e. The molecule has 0 saturated carbocycles. The Labute approximate surface area is 92.3 Å². The average Bonchev–Trinajstić information content (AvgIpc) is 2.30. The van der Waals surface area contributed by atoms with Crippen molar-refractivity contribution in [3.8, 4) is 6.07 Å². The van der Waals surface area contributed by atoms with Crippen LogP contribution in [0.3, 0.4) is 0 Å². The number of amides is 3. The van der Waals surface area contributed by atoms with Gasteiger partial charge in [-0.25, -0.2) is 9.69 Å². The zero-order chi connectivity index (χ0) is 11.5. The van der Waals surface area contributed by atoms with Crippen molar-refractivity contribution in [3.63, 3.8) is 0 Å². The van der Waals surface area contributed by atoms with Crippen LogP contribution in [0.25, 0.3) is 0 Å². The molecule has 0 atom stereocenters. The second-order valence-corrected chi connectivity index (χ2v) is 3.37. The van der Waals surface area contributed by atoms with Gasteiger partial charge in [-0.15, -0.1) is 0 Å². The van der Waals surface area contributed by atoms with Crippen molar-refractivity contribution in [2.75, 3.05) is 11.4 Å². The van der Waals surface area contributed by atoms with Gasteiger partial charge >= 0.3 is 6.03 Å². The number of imide groups is 1. The van der Waals surface area contributed by atoms with Gasteiger partial charge in [-0.3, -0.25) is 4.79 Å². The molecule has 0 unspecified atom stereocenters. The first-order valence-electron chi connectivity index (χ1n) is 4.83. The second-order valence-electron chi connectivity index (χ2n) is 3.37. The maximum atomic E-state index is 11.6. The molecule has 1 aromatic carbocycles. The molecule has 80 valence electrons. The molecule has 0 spiro atoms. The first kappa shape index (κ1) is 10.2. The Hall–Kier alpha value is -2.35. The number of nitrogens with zero attached hydrogens (tertiary/aromatic N) is 2. The van der Waals surface area contributed by atoms with Gasteiger partial charge in [0, 0.05) is 13.0 Å². The number of carbonyl (C=O) groups is 2. The summed E-state index contributed by atoms with van der Waals surface area (Å²) in [5, 5.41) is 11.2. The molecule has 0 aromatic heterocycles. The van der Waals surface area contributed by atoms with E-state index in [4.69, 9.17) is 5.26 Å². The van der Waals surface area contributed by atoms with E-state index >= 15 is 0 Å². The molecule has 5 nitrogen and oxygen atoms in total. The van der Waals surface area contributed by atoms with E-state index < -0.39 is 6.03 Å². The van der Waals surface area contributed by atoms with Crippen LogP contribution in [0.2, 0.25) is 0 Å². The van der Waals surface area contributed by atoms with Crippen LogP contribution in [-0.4, -0.2) is 18.5 Å². The number of nitriles is 1. The molecule has 0 aliphatic carbocycles. The van der Waals surface area contributed by atoms with Gasteiger partial charge in [0.1, 0.15) is 0 Å². The quantitative estimate of drug-likeness (QED) is 0.759. The molecule has 1 fully saturated rings. The lowest BCUT2D eigenvalue weighted by atomic mass is 10.2. The van der Waals surface area contributed by atoms with Crippen molar-refractivity contribution in [1.82, 2.24) is 5.32 Å². The van der Waals surface area contributed by atoms with Crippen LogP contribution in [-0.2, 0) is 4.79 Å². The Bertz CT molecular complexity index is 457. The highest BCUT2D eigenvalue weighted by molar-refractivity contribution is 6.15. The number of rotatable bonds is 1. The maximum absolute atomic E-state index is 11.6. The molecule has 1 aliphatic heterocycles. The lowest BCUT2D eigenvalue weighted by Crippen LogP contribution is -2.50. The van der Waals surface area contributed by atoms with Crippen molar-refractivity contribution in [1.29, 1.82) is 5.26 Å². The zero-order valence-corrected chi connectivity index (χ0v) is 8.43. The molecule has 0 radical (unpaired) electrons. The number of hydrogen-bond acceptors (Lipinski definition) is 3. The summed E-state index contributed by atoms with van der Waals surface area (Å²) >= 11 is 0. The van der Waals surface area contributed by atoms with E-state index in [0.29, 0.717) is 24.2 Å². The van der Waals surface area contributed by atoms with Crippen LogP contribution in [0.4, 0.5) is 10.5 Å². The molecule has 16 heavy (non-hydrogen) atoms. The Morgan fingerprint density at radius 3 is 2.50 bits per heavy atom. The fourth-order valence-electron chi connectivity index (χ4n) is 1.53. The summed E-state index contributed by atoms with van der Waals surface area (Å²) in [6.45, 7) is 0.379. The summed E-state index contributed by atoms with van der Waals surface area (Å²) in [5.41, 5.74) is 0.981. The third kappa shape index (κ3) is 1.73. The first-order valence-corrected chi connectivity index (χ1v) is 4.83. The number of urea groups is 1. The van der Waals surface area contributed by atoms with Crippen molar-refractivity contribution in [2.45, 2.75) is 6.42 Å². The molecule has 2 rings (SSSR count). The Morgan fingerprint density at radius 1 is 1.25 bits per heavy atom. The predicted molar refractivity (Wildman–Crippen MR) is 56.7 cm³/mol. The smallest absolute Gasteiger partial charge is 0.328 e. The monoisotopic (exact) mass is 215 g/mol. The van der Waals surface area contributed by atoms with E-state index in [0.717, 1.165) is 4.90 Å². The van der Waals surface area contributed by atoms with Crippen molar-refractivity contribution < 1.29 is 9.59 Å². The average molecular weight is 215 g/mol. The van der Waals surface area contributed by atoms with Gasteiger partial charge in [-0.1, -0.05) is 0 Å². The van der Waals surface area contributed by atoms with Gasteiger partial charge in [0.2, 0.25) is 5.91 Å². The van der Waals surface area contributed by atoms with E-state index in [1.807, 2.05) is 6.07 Å². The third-order valence-corrected chi connectivity index (χ3v) is 2.32. The van der Waals surface area contributed by atoms with Gasteiger partial charge in [0.25, 0.3) is 0 Å². The Balaban J connectivity index is 2.31. The van der Waals surface area contributed by atoms with Crippen LogP contribution in [0.5, 0.6) is 0 Å². The fraction of sp³-hybridized carbons (Fsp3) is 0.182. The second kappa shape index (κ2) is 4.03. The van der Waals surface area contributed by atoms with Crippen molar-refractivity contribution in [3.05, 3.63) is 29.8 Å². The normalized spacial score (nSPS) is 15.6. The third-order valence-electron chi connectivity index (χ3n) is 2.32. The van der Waals surface area contributed by atoms with Crippen molar-refractivity contribution in [2.24, 2.45) is 0 Å². The summed E-state index contributed by atoms with van der Waals surface area (Å²) in [6, 6.07) is 7.88. The number of anilines is 1. The number of hydrogen-bond donors (Lipinski definition) is 1. The van der Waals surface area contributed by atoms with Gasteiger partial charge in [0.15, 0.2) is 0 Å². The summed E-state index contributed by atoms with van der Waals surface area (Å²) in [6.07, 6.45) is 0.297. The van der Waals surface area contributed by atoms with Gasteiger partial charge in [-0.05, 0) is 24.3 Å². The fourth-order valence-corrected chi connectivity index (χ4v) is 1.53. The van der Waals surface area contributed by atoms with Gasteiger partial charge in [-0.2, -0.15) is 5.26 Å². The van der Waals surface area contributed by atoms with Crippen molar-refractivity contribution >= 4 is 17.6 Å². The summed E-state index contributed by atoms with van der Waals surface area (Å²) < 4.78 is 0. The standard InChI is InChI=1S/C11H9N3O2/c12-7-8-1-3-9(4-2-8)14-10(15)5-6-13-11(14)16/h1-4H,5-6H2,(H,13,16). The van der Waals surface area contributed by atoms with Crippen LogP contribution in [0.15, 0.2) is 24.3 Å². The van der Waals surface area contributed by atoms with Crippen LogP contribution >= 0.6 is 0 Å². The molecule has 1 aromatic rings. The summed E-state index contributed by atoms with van der Waals surface area (Å²) in [4.78, 5) is 24.1. The topological polar surface area (TPSA) is 73.2 Å². The molecule has 0 bridgehead atoms. The Morgan fingerprint density at radius 2 is 1.94 bits per heavy atom. The molecular weight excluding hydrogens is 206 g/mol. The van der Waals surface area contributed by atoms with Gasteiger partial charge in [0.05, 0.1) is 17.3 Å². The highest BCUT2D eigenvalue weighted by Gasteiger charge is 2.26. The number of benzene rings is 1. The summed E-state index contributed by atoms with van der Waals surface area (Å²) in [7, 11) is 0. The van der Waals surface area contributed by atoms with E-state index in [2.05, 4.69) is 5.32 Å². The molecule has 1 heterocycles. The molecule has 3 amide bonds. The van der Waals surface area contributed by atoms with Crippen LogP contribution < -0.4 is 10.2 Å². The highest BCUT2D eigenvalue weighted by atomic mass is 16.2. The molecule has 1 aliphatic rings. The largest absolute Gasteiger partial charge is 0.337 e. The SMILES string of the molecule is N#Cc1ccc(N2C(=O)CCNC2=O)cc1. The summed E-state index contributed by atoms with van der Waals surface area (Å²) in [5.74, 6) is -0.228. The zero-order valence-electron chi connectivity index (χ0n) is 8.43. The van der Waals surface area contributed by atoms with E-state index in [1.54, 1.807) is 24.3 Å². The van der Waals surface area contributed by atoms with Crippen LogP contribution in [0.1, 0.15) is 12.0 Å². The number of carbonyl (C=O) groups excluding carboxylic acids is 2. The minimum atomic E-state index is -0.416. The highest BCUT2D eigenvalue weighted by Crippen LogP contribution is 2.17. The maximum Gasteiger partial charge on any atom is 0.328 e.